The highest BCUT2D eigenvalue weighted by atomic mass is 79.9. The topological polar surface area (TPSA) is 102 Å². The zero-order valence-electron chi connectivity index (χ0n) is 15.0. The number of hydrogen-bond donors (Lipinski definition) is 2. The van der Waals surface area contributed by atoms with Gasteiger partial charge in [-0.25, -0.2) is 4.79 Å². The van der Waals surface area contributed by atoms with Gasteiger partial charge in [0.2, 0.25) is 0 Å². The van der Waals surface area contributed by atoms with Crippen LogP contribution in [0, 0.1) is 13.8 Å². The number of carbonyl (C=O) groups is 2. The van der Waals surface area contributed by atoms with Crippen LogP contribution in [0.4, 0.5) is 5.69 Å². The van der Waals surface area contributed by atoms with Crippen molar-refractivity contribution < 1.29 is 14.7 Å². The number of anilines is 1. The Morgan fingerprint density at radius 1 is 1.19 bits per heavy atom. The van der Waals surface area contributed by atoms with Crippen molar-refractivity contribution in [1.82, 2.24) is 19.6 Å². The molecule has 8 nitrogen and oxygen atoms in total. The Morgan fingerprint density at radius 3 is 2.48 bits per heavy atom. The molecule has 0 fully saturated rings. The molecule has 0 atom stereocenters. The number of carboxylic acid groups (broad SMARTS) is 1. The normalized spacial score (nSPS) is 10.8. The van der Waals surface area contributed by atoms with Crippen LogP contribution in [0.2, 0.25) is 0 Å². The summed E-state index contributed by atoms with van der Waals surface area (Å²) in [5, 5.41) is 20.3. The van der Waals surface area contributed by atoms with Gasteiger partial charge in [-0.05, 0) is 31.5 Å². The van der Waals surface area contributed by atoms with E-state index in [0.29, 0.717) is 17.9 Å². The van der Waals surface area contributed by atoms with Gasteiger partial charge in [0.05, 0.1) is 29.2 Å². The first kappa shape index (κ1) is 18.8. The van der Waals surface area contributed by atoms with Crippen LogP contribution in [-0.2, 0) is 13.6 Å². The molecule has 3 aromatic rings. The summed E-state index contributed by atoms with van der Waals surface area (Å²) >= 11 is 3.41. The molecule has 0 aliphatic rings. The highest BCUT2D eigenvalue weighted by molar-refractivity contribution is 9.10. The van der Waals surface area contributed by atoms with Crippen LogP contribution in [0.25, 0.3) is 0 Å². The molecular formula is C18H18BrN5O3. The number of hydrogen-bond acceptors (Lipinski definition) is 4. The number of nitrogens with one attached hydrogen (secondary N) is 1. The van der Waals surface area contributed by atoms with Crippen molar-refractivity contribution in [3.05, 3.63) is 63.1 Å². The summed E-state index contributed by atoms with van der Waals surface area (Å²) in [6, 6.07) is 7.90. The molecule has 2 aromatic heterocycles. The third-order valence-corrected chi connectivity index (χ3v) is 4.67. The zero-order chi connectivity index (χ0) is 19.7. The Labute approximate surface area is 163 Å². The number of aryl methyl sites for hydroxylation is 2. The van der Waals surface area contributed by atoms with E-state index >= 15 is 0 Å². The highest BCUT2D eigenvalue weighted by Gasteiger charge is 2.23. The molecule has 0 saturated heterocycles. The van der Waals surface area contributed by atoms with Crippen LogP contribution in [0.5, 0.6) is 0 Å². The van der Waals surface area contributed by atoms with Crippen LogP contribution in [0.15, 0.2) is 34.9 Å². The molecule has 2 N–H and O–H groups in total. The first-order chi connectivity index (χ1) is 12.8. The molecule has 0 aliphatic heterocycles. The van der Waals surface area contributed by atoms with Gasteiger partial charge in [0.15, 0.2) is 5.69 Å². The quantitative estimate of drug-likeness (QED) is 0.646. The van der Waals surface area contributed by atoms with Gasteiger partial charge >= 0.3 is 5.97 Å². The Hall–Kier alpha value is -2.94. The van der Waals surface area contributed by atoms with Gasteiger partial charge in [-0.1, -0.05) is 28.1 Å². The lowest BCUT2D eigenvalue weighted by Gasteiger charge is -2.07. The van der Waals surface area contributed by atoms with E-state index in [1.807, 2.05) is 31.2 Å². The van der Waals surface area contributed by atoms with Gasteiger partial charge in [-0.2, -0.15) is 10.2 Å². The van der Waals surface area contributed by atoms with E-state index in [1.54, 1.807) is 18.7 Å². The number of carbonyl (C=O) groups excluding carboxylic acids is 1. The van der Waals surface area contributed by atoms with Crippen LogP contribution >= 0.6 is 15.9 Å². The lowest BCUT2D eigenvalue weighted by Crippen LogP contribution is -2.16. The molecule has 0 saturated carbocycles. The van der Waals surface area contributed by atoms with Gasteiger partial charge in [0.1, 0.15) is 0 Å². The molecule has 1 aromatic carbocycles. The summed E-state index contributed by atoms with van der Waals surface area (Å²) in [5.74, 6) is -1.78. The third-order valence-electron chi connectivity index (χ3n) is 4.14. The summed E-state index contributed by atoms with van der Waals surface area (Å²) in [4.78, 5) is 23.9. The first-order valence-corrected chi connectivity index (χ1v) is 8.92. The van der Waals surface area contributed by atoms with E-state index in [4.69, 9.17) is 0 Å². The minimum absolute atomic E-state index is 0.00413. The molecule has 9 heteroatoms. The van der Waals surface area contributed by atoms with Crippen molar-refractivity contribution in [1.29, 1.82) is 0 Å². The fraction of sp³-hybridized carbons (Fsp3) is 0.222. The maximum Gasteiger partial charge on any atom is 0.357 e. The maximum atomic E-state index is 12.6. The minimum atomic E-state index is -1.25. The SMILES string of the molecule is Cc1nn(Cc2ccc(Br)cc2)c(C)c1NC(=O)c1cn(C)nc1C(=O)O. The Balaban J connectivity index is 1.85. The van der Waals surface area contributed by atoms with Gasteiger partial charge in [0.25, 0.3) is 5.91 Å². The Kier molecular flexibility index (Phi) is 5.13. The number of aromatic nitrogens is 4. The smallest absolute Gasteiger partial charge is 0.357 e. The average Bonchev–Trinajstić information content (AvgIpc) is 3.12. The fourth-order valence-corrected chi connectivity index (χ4v) is 3.05. The molecule has 27 heavy (non-hydrogen) atoms. The van der Waals surface area contributed by atoms with Gasteiger partial charge in [0, 0.05) is 17.7 Å². The molecule has 0 radical (unpaired) electrons. The van der Waals surface area contributed by atoms with E-state index in [-0.39, 0.29) is 11.3 Å². The van der Waals surface area contributed by atoms with Gasteiger partial charge in [-0.3, -0.25) is 14.2 Å². The third kappa shape index (κ3) is 3.92. The summed E-state index contributed by atoms with van der Waals surface area (Å²) in [6.45, 7) is 4.21. The molecule has 0 unspecified atom stereocenters. The first-order valence-electron chi connectivity index (χ1n) is 8.13. The number of halogens is 1. The lowest BCUT2D eigenvalue weighted by molar-refractivity contribution is 0.0685. The predicted octanol–water partition coefficient (Wildman–Crippen LogP) is 2.99. The van der Waals surface area contributed by atoms with Crippen molar-refractivity contribution in [3.63, 3.8) is 0 Å². The maximum absolute atomic E-state index is 12.6. The number of aromatic carboxylic acids is 1. The van der Waals surface area contributed by atoms with Crippen molar-refractivity contribution in [2.24, 2.45) is 7.05 Å². The average molecular weight is 432 g/mol. The number of nitrogens with zero attached hydrogens (tertiary/aromatic N) is 4. The molecule has 0 aliphatic carbocycles. The minimum Gasteiger partial charge on any atom is -0.476 e. The number of rotatable bonds is 5. The second-order valence-electron chi connectivity index (χ2n) is 6.15. The zero-order valence-corrected chi connectivity index (χ0v) is 16.6. The van der Waals surface area contributed by atoms with Crippen LogP contribution in [0.3, 0.4) is 0 Å². The number of carboxylic acids is 1. The molecule has 0 spiro atoms. The van der Waals surface area contributed by atoms with Crippen molar-refractivity contribution >= 4 is 33.5 Å². The molecule has 1 amide bonds. The fourth-order valence-electron chi connectivity index (χ4n) is 2.79. The van der Waals surface area contributed by atoms with E-state index in [2.05, 4.69) is 31.4 Å². The van der Waals surface area contributed by atoms with E-state index in [9.17, 15) is 14.7 Å². The molecule has 140 valence electrons. The largest absolute Gasteiger partial charge is 0.476 e. The van der Waals surface area contributed by atoms with Crippen LogP contribution < -0.4 is 5.32 Å². The van der Waals surface area contributed by atoms with Crippen LogP contribution in [-0.4, -0.2) is 36.5 Å². The summed E-state index contributed by atoms with van der Waals surface area (Å²) in [7, 11) is 1.57. The summed E-state index contributed by atoms with van der Waals surface area (Å²) in [6.07, 6.45) is 1.38. The van der Waals surface area contributed by atoms with Gasteiger partial charge < -0.3 is 10.4 Å². The predicted molar refractivity (Wildman–Crippen MR) is 103 cm³/mol. The number of amides is 1. The molecular weight excluding hydrogens is 414 g/mol. The van der Waals surface area contributed by atoms with E-state index < -0.39 is 11.9 Å². The van der Waals surface area contributed by atoms with Crippen molar-refractivity contribution in [2.75, 3.05) is 5.32 Å². The summed E-state index contributed by atoms with van der Waals surface area (Å²) in [5.41, 5.74) is 2.79. The molecule has 3 rings (SSSR count). The Bertz CT molecular complexity index is 1020. The Morgan fingerprint density at radius 2 is 1.85 bits per heavy atom. The number of benzene rings is 1. The van der Waals surface area contributed by atoms with Crippen molar-refractivity contribution in [3.8, 4) is 0 Å². The monoisotopic (exact) mass is 431 g/mol. The summed E-state index contributed by atoms with van der Waals surface area (Å²) < 4.78 is 4.10. The van der Waals surface area contributed by atoms with E-state index in [0.717, 1.165) is 15.7 Å². The second kappa shape index (κ2) is 7.36. The lowest BCUT2D eigenvalue weighted by atomic mass is 10.2. The van der Waals surface area contributed by atoms with Crippen molar-refractivity contribution in [2.45, 2.75) is 20.4 Å². The highest BCUT2D eigenvalue weighted by Crippen LogP contribution is 2.22. The molecule has 0 bridgehead atoms. The standard InChI is InChI=1S/C18H18BrN5O3/c1-10-15(20-17(25)14-9-23(3)22-16(14)18(26)27)11(2)24(21-10)8-12-4-6-13(19)7-5-12/h4-7,9H,8H2,1-3H3,(H,20,25)(H,26,27). The second-order valence-corrected chi connectivity index (χ2v) is 7.07. The van der Waals surface area contributed by atoms with Gasteiger partial charge in [-0.15, -0.1) is 0 Å². The van der Waals surface area contributed by atoms with Crippen LogP contribution in [0.1, 0.15) is 37.8 Å². The molecule has 2 heterocycles. The van der Waals surface area contributed by atoms with E-state index in [1.165, 1.54) is 10.9 Å².